The number of rotatable bonds is 12. The maximum atomic E-state index is 12.5. The van der Waals surface area contributed by atoms with Gasteiger partial charge in [-0.05, 0) is 42.5 Å². The van der Waals surface area contributed by atoms with Crippen LogP contribution in [0.2, 0.25) is 0 Å². The fraction of sp³-hybridized carbons (Fsp3) is 0.360. The third-order valence-corrected chi connectivity index (χ3v) is 5.30. The molecule has 1 aromatic heterocycles. The zero-order valence-corrected chi connectivity index (χ0v) is 18.7. The Morgan fingerprint density at radius 2 is 1.94 bits per heavy atom. The van der Waals surface area contributed by atoms with Crippen LogP contribution >= 0.6 is 0 Å². The van der Waals surface area contributed by atoms with E-state index in [1.54, 1.807) is 0 Å². The quantitative estimate of drug-likeness (QED) is 0.298. The Morgan fingerprint density at radius 1 is 1.12 bits per heavy atom. The fourth-order valence-electron chi connectivity index (χ4n) is 3.51. The molecule has 32 heavy (non-hydrogen) atoms. The van der Waals surface area contributed by atoms with Crippen molar-refractivity contribution in [1.82, 2.24) is 20.5 Å². The first-order valence-corrected chi connectivity index (χ1v) is 11.1. The minimum absolute atomic E-state index is 0.0235. The lowest BCUT2D eigenvalue weighted by Crippen LogP contribution is -2.41. The van der Waals surface area contributed by atoms with Gasteiger partial charge in [-0.15, -0.1) is 5.10 Å². The lowest BCUT2D eigenvalue weighted by atomic mass is 10.0. The summed E-state index contributed by atoms with van der Waals surface area (Å²) in [4.78, 5) is 28.3. The van der Waals surface area contributed by atoms with Crippen LogP contribution in [0.15, 0.2) is 48.5 Å². The number of anilines is 1. The summed E-state index contributed by atoms with van der Waals surface area (Å²) in [6.07, 6.45) is 5.98. The number of carbonyl (C=O) groups excluding carboxylic acids is 2. The summed E-state index contributed by atoms with van der Waals surface area (Å²) in [6.45, 7) is 4.53. The van der Waals surface area contributed by atoms with Gasteiger partial charge in [0, 0.05) is 18.7 Å². The predicted octanol–water partition coefficient (Wildman–Crippen LogP) is 3.85. The maximum Gasteiger partial charge on any atom is 0.291 e. The molecule has 3 aromatic rings. The molecule has 1 heterocycles. The van der Waals surface area contributed by atoms with E-state index in [1.807, 2.05) is 43.3 Å². The lowest BCUT2D eigenvalue weighted by molar-refractivity contribution is -0.109. The number of benzene rings is 2. The molecule has 0 spiro atoms. The largest absolute Gasteiger partial charge is 0.382 e. The van der Waals surface area contributed by atoms with Gasteiger partial charge in [0.25, 0.3) is 5.91 Å². The van der Waals surface area contributed by atoms with Crippen LogP contribution in [0.1, 0.15) is 59.3 Å². The Kier molecular flexibility index (Phi) is 8.54. The van der Waals surface area contributed by atoms with Crippen LogP contribution in [0.5, 0.6) is 0 Å². The molecule has 0 bridgehead atoms. The molecule has 0 unspecified atom stereocenters. The summed E-state index contributed by atoms with van der Waals surface area (Å²) >= 11 is 0. The molecule has 0 saturated carbocycles. The molecule has 2 aromatic carbocycles. The van der Waals surface area contributed by atoms with E-state index in [2.05, 4.69) is 44.9 Å². The van der Waals surface area contributed by atoms with Gasteiger partial charge < -0.3 is 15.4 Å². The molecule has 0 aliphatic rings. The van der Waals surface area contributed by atoms with E-state index in [0.717, 1.165) is 29.5 Å². The van der Waals surface area contributed by atoms with E-state index in [0.29, 0.717) is 12.2 Å². The van der Waals surface area contributed by atoms with Crippen molar-refractivity contribution in [3.63, 3.8) is 0 Å². The van der Waals surface area contributed by atoms with Gasteiger partial charge in [0.15, 0.2) is 0 Å². The van der Waals surface area contributed by atoms with Gasteiger partial charge in [-0.25, -0.2) is 4.98 Å². The van der Waals surface area contributed by atoms with Gasteiger partial charge in [0.1, 0.15) is 18.2 Å². The summed E-state index contributed by atoms with van der Waals surface area (Å²) in [6, 6.07) is 15.4. The molecule has 0 fully saturated rings. The number of nitrogens with one attached hydrogen (secondary N) is 3. The first-order valence-electron chi connectivity index (χ1n) is 11.1. The number of aromatic amines is 1. The Labute approximate surface area is 189 Å². The standard InChI is InChI=1S/C25H31N5O2/c1-3-4-6-9-20-12-13-22(18(2)14-20)26-16-21(17-31)27-25(32)24-28-23(29-30-24)15-19-10-7-5-8-11-19/h5,7-8,10-14,17,21,26H,3-4,6,9,15-16H2,1-2H3,(H,27,32)(H,28,29,30)/t21-/m0/s1. The Bertz CT molecular complexity index is 1020. The molecule has 1 atom stereocenters. The summed E-state index contributed by atoms with van der Waals surface area (Å²) in [5, 5.41) is 12.7. The highest BCUT2D eigenvalue weighted by Gasteiger charge is 2.17. The molecular formula is C25H31N5O2. The van der Waals surface area contributed by atoms with Crippen LogP contribution < -0.4 is 10.6 Å². The number of hydrogen-bond acceptors (Lipinski definition) is 5. The number of aldehydes is 1. The first kappa shape index (κ1) is 23.2. The summed E-state index contributed by atoms with van der Waals surface area (Å²) < 4.78 is 0. The molecule has 1 amide bonds. The molecule has 0 radical (unpaired) electrons. The van der Waals surface area contributed by atoms with E-state index < -0.39 is 11.9 Å². The van der Waals surface area contributed by atoms with Crippen molar-refractivity contribution in [2.24, 2.45) is 0 Å². The van der Waals surface area contributed by atoms with Crippen LogP contribution in [0, 0.1) is 6.92 Å². The number of nitrogens with zero attached hydrogens (tertiary/aromatic N) is 2. The van der Waals surface area contributed by atoms with Crippen molar-refractivity contribution >= 4 is 17.9 Å². The minimum Gasteiger partial charge on any atom is -0.382 e. The van der Waals surface area contributed by atoms with E-state index in [-0.39, 0.29) is 12.4 Å². The van der Waals surface area contributed by atoms with Gasteiger partial charge >= 0.3 is 0 Å². The topological polar surface area (TPSA) is 99.8 Å². The van der Waals surface area contributed by atoms with Crippen LogP contribution in [-0.2, 0) is 17.6 Å². The Balaban J connectivity index is 1.52. The van der Waals surface area contributed by atoms with Gasteiger partial charge in [-0.3, -0.25) is 9.89 Å². The molecule has 7 heteroatoms. The fourth-order valence-corrected chi connectivity index (χ4v) is 3.51. The average molecular weight is 434 g/mol. The highest BCUT2D eigenvalue weighted by atomic mass is 16.2. The van der Waals surface area contributed by atoms with E-state index in [9.17, 15) is 9.59 Å². The summed E-state index contributed by atoms with van der Waals surface area (Å²) in [7, 11) is 0. The average Bonchev–Trinajstić information content (AvgIpc) is 3.27. The second kappa shape index (κ2) is 11.8. The van der Waals surface area contributed by atoms with E-state index in [1.165, 1.54) is 24.8 Å². The predicted molar refractivity (Wildman–Crippen MR) is 126 cm³/mol. The molecule has 0 saturated heterocycles. The monoisotopic (exact) mass is 433 g/mol. The molecule has 168 valence electrons. The number of amides is 1. The van der Waals surface area contributed by atoms with E-state index in [4.69, 9.17) is 0 Å². The summed E-state index contributed by atoms with van der Waals surface area (Å²) in [5.41, 5.74) is 4.46. The molecular weight excluding hydrogens is 402 g/mol. The van der Waals surface area contributed by atoms with Crippen molar-refractivity contribution < 1.29 is 9.59 Å². The molecule has 3 rings (SSSR count). The van der Waals surface area contributed by atoms with Gasteiger partial charge in [0.05, 0.1) is 0 Å². The highest BCUT2D eigenvalue weighted by Crippen LogP contribution is 2.18. The number of unbranched alkanes of at least 4 members (excludes halogenated alkanes) is 2. The molecule has 0 aliphatic carbocycles. The number of hydrogen-bond donors (Lipinski definition) is 3. The molecule has 3 N–H and O–H groups in total. The highest BCUT2D eigenvalue weighted by molar-refractivity contribution is 5.92. The number of aryl methyl sites for hydroxylation is 2. The Hall–Kier alpha value is -3.48. The molecule has 0 aliphatic heterocycles. The van der Waals surface area contributed by atoms with Crippen molar-refractivity contribution in [3.05, 3.63) is 76.9 Å². The minimum atomic E-state index is -0.692. The zero-order chi connectivity index (χ0) is 22.8. The smallest absolute Gasteiger partial charge is 0.291 e. The van der Waals surface area contributed by atoms with E-state index >= 15 is 0 Å². The maximum absolute atomic E-state index is 12.5. The number of carbonyl (C=O) groups is 2. The first-order chi connectivity index (χ1) is 15.6. The third kappa shape index (κ3) is 6.77. The summed E-state index contributed by atoms with van der Waals surface area (Å²) in [5.74, 6) is 0.134. The number of aromatic nitrogens is 3. The molecule has 7 nitrogen and oxygen atoms in total. The lowest BCUT2D eigenvalue weighted by Gasteiger charge is -2.15. The van der Waals surface area contributed by atoms with Crippen molar-refractivity contribution in [2.75, 3.05) is 11.9 Å². The van der Waals surface area contributed by atoms with Gasteiger partial charge in [-0.2, -0.15) is 0 Å². The zero-order valence-electron chi connectivity index (χ0n) is 18.7. The number of H-pyrrole nitrogens is 1. The van der Waals surface area contributed by atoms with Crippen LogP contribution in [0.25, 0.3) is 0 Å². The van der Waals surface area contributed by atoms with Crippen molar-refractivity contribution in [1.29, 1.82) is 0 Å². The van der Waals surface area contributed by atoms with Gasteiger partial charge in [0.2, 0.25) is 5.82 Å². The second-order valence-corrected chi connectivity index (χ2v) is 7.97. The van der Waals surface area contributed by atoms with Crippen LogP contribution in [0.4, 0.5) is 5.69 Å². The normalized spacial score (nSPS) is 11.7. The SMILES string of the molecule is CCCCCc1ccc(NC[C@@H](C=O)NC(=O)c2n[nH]c(Cc3ccccc3)n2)c(C)c1. The van der Waals surface area contributed by atoms with Crippen LogP contribution in [0.3, 0.4) is 0 Å². The van der Waals surface area contributed by atoms with Gasteiger partial charge in [-0.1, -0.05) is 62.2 Å². The second-order valence-electron chi connectivity index (χ2n) is 7.97. The van der Waals surface area contributed by atoms with Crippen molar-refractivity contribution in [3.8, 4) is 0 Å². The van der Waals surface area contributed by atoms with Crippen LogP contribution in [-0.4, -0.2) is 40.0 Å². The third-order valence-electron chi connectivity index (χ3n) is 5.30. The Morgan fingerprint density at radius 3 is 2.66 bits per heavy atom. The van der Waals surface area contributed by atoms with Crippen molar-refractivity contribution in [2.45, 2.75) is 52.0 Å².